The molecule has 2 atom stereocenters. The first-order valence-corrected chi connectivity index (χ1v) is 8.80. The lowest BCUT2D eigenvalue weighted by molar-refractivity contribution is 0.0455. The minimum Gasteiger partial charge on any atom is -0.360 e. The van der Waals surface area contributed by atoms with E-state index in [0.717, 1.165) is 18.6 Å². The van der Waals surface area contributed by atoms with Crippen LogP contribution in [0.15, 0.2) is 10.6 Å². The van der Waals surface area contributed by atoms with Crippen molar-refractivity contribution in [3.05, 3.63) is 17.5 Å². The number of Topliss-reactive ketones (excluding diaryl/α,β-unsaturated/α-hetero) is 1. The normalized spacial score (nSPS) is 31.2. The standard InChI is InChI=1S/C19H29NO2/c1-5-19(4)11-13(10-18(2,3)12-19)8-16(21)15-9-17(22-20-15)14-6-7-14/h9,13-14H,5-8,10-12H2,1-4H3. The van der Waals surface area contributed by atoms with Crippen molar-refractivity contribution < 1.29 is 9.32 Å². The Labute approximate surface area is 133 Å². The second-order valence-electron chi connectivity index (χ2n) is 8.80. The van der Waals surface area contributed by atoms with Crippen LogP contribution in [0.1, 0.15) is 94.8 Å². The van der Waals surface area contributed by atoms with Gasteiger partial charge in [-0.2, -0.15) is 0 Å². The van der Waals surface area contributed by atoms with Crippen LogP contribution in [0.5, 0.6) is 0 Å². The maximum atomic E-state index is 12.6. The van der Waals surface area contributed by atoms with E-state index in [2.05, 4.69) is 32.9 Å². The molecular weight excluding hydrogens is 274 g/mol. The van der Waals surface area contributed by atoms with Gasteiger partial charge in [-0.05, 0) is 48.9 Å². The maximum Gasteiger partial charge on any atom is 0.185 e. The van der Waals surface area contributed by atoms with Gasteiger partial charge in [0.05, 0.1) is 0 Å². The summed E-state index contributed by atoms with van der Waals surface area (Å²) in [5.41, 5.74) is 1.25. The quantitative estimate of drug-likeness (QED) is 0.687. The number of hydrogen-bond donors (Lipinski definition) is 0. The summed E-state index contributed by atoms with van der Waals surface area (Å²) in [6, 6.07) is 1.88. The number of aromatic nitrogens is 1. The Morgan fingerprint density at radius 1 is 1.32 bits per heavy atom. The van der Waals surface area contributed by atoms with E-state index in [4.69, 9.17) is 4.52 Å². The molecule has 3 heteroatoms. The molecule has 2 aliphatic rings. The highest BCUT2D eigenvalue weighted by Crippen LogP contribution is 2.51. The van der Waals surface area contributed by atoms with Crippen LogP contribution in [-0.2, 0) is 0 Å². The third-order valence-electron chi connectivity index (χ3n) is 5.65. The van der Waals surface area contributed by atoms with Crippen LogP contribution >= 0.6 is 0 Å². The molecule has 22 heavy (non-hydrogen) atoms. The molecule has 0 spiro atoms. The lowest BCUT2D eigenvalue weighted by atomic mass is 9.59. The van der Waals surface area contributed by atoms with Crippen LogP contribution in [0.25, 0.3) is 0 Å². The molecule has 1 heterocycles. The largest absolute Gasteiger partial charge is 0.360 e. The van der Waals surface area contributed by atoms with Crippen molar-refractivity contribution in [2.24, 2.45) is 16.7 Å². The molecule has 122 valence electrons. The Hall–Kier alpha value is -1.12. The van der Waals surface area contributed by atoms with Gasteiger partial charge >= 0.3 is 0 Å². The fourth-order valence-electron chi connectivity index (χ4n) is 4.61. The van der Waals surface area contributed by atoms with Crippen LogP contribution in [0.4, 0.5) is 0 Å². The van der Waals surface area contributed by atoms with Gasteiger partial charge < -0.3 is 4.52 Å². The molecule has 0 radical (unpaired) electrons. The summed E-state index contributed by atoms with van der Waals surface area (Å²) in [6.45, 7) is 9.35. The number of carbonyl (C=O) groups excluding carboxylic acids is 1. The van der Waals surface area contributed by atoms with Crippen molar-refractivity contribution in [2.45, 2.75) is 78.6 Å². The number of carbonyl (C=O) groups is 1. The molecule has 1 aromatic heterocycles. The highest BCUT2D eigenvalue weighted by molar-refractivity contribution is 5.94. The molecule has 0 N–H and O–H groups in total. The van der Waals surface area contributed by atoms with Crippen molar-refractivity contribution in [3.8, 4) is 0 Å². The lowest BCUT2D eigenvalue weighted by Gasteiger charge is -2.46. The molecule has 3 rings (SSSR count). The van der Waals surface area contributed by atoms with Crippen LogP contribution in [-0.4, -0.2) is 10.9 Å². The summed E-state index contributed by atoms with van der Waals surface area (Å²) in [7, 11) is 0. The Balaban J connectivity index is 1.66. The third-order valence-corrected chi connectivity index (χ3v) is 5.65. The zero-order chi connectivity index (χ0) is 16.0. The summed E-state index contributed by atoms with van der Waals surface area (Å²) >= 11 is 0. The van der Waals surface area contributed by atoms with Gasteiger partial charge in [0, 0.05) is 18.4 Å². The van der Waals surface area contributed by atoms with E-state index in [-0.39, 0.29) is 5.78 Å². The number of rotatable bonds is 5. The predicted molar refractivity (Wildman–Crippen MR) is 86.9 cm³/mol. The Morgan fingerprint density at radius 3 is 2.68 bits per heavy atom. The Kier molecular flexibility index (Phi) is 3.94. The van der Waals surface area contributed by atoms with Crippen molar-refractivity contribution in [1.29, 1.82) is 0 Å². The van der Waals surface area contributed by atoms with Gasteiger partial charge in [-0.3, -0.25) is 4.79 Å². The molecule has 2 fully saturated rings. The van der Waals surface area contributed by atoms with Crippen molar-refractivity contribution in [3.63, 3.8) is 0 Å². The van der Waals surface area contributed by atoms with Crippen molar-refractivity contribution in [2.75, 3.05) is 0 Å². The second-order valence-corrected chi connectivity index (χ2v) is 8.80. The van der Waals surface area contributed by atoms with Gasteiger partial charge in [0.2, 0.25) is 0 Å². The summed E-state index contributed by atoms with van der Waals surface area (Å²) in [5.74, 6) is 2.07. The van der Waals surface area contributed by atoms with E-state index in [1.54, 1.807) is 0 Å². The molecule has 0 aliphatic heterocycles. The molecular formula is C19H29NO2. The van der Waals surface area contributed by atoms with Gasteiger partial charge in [-0.15, -0.1) is 0 Å². The van der Waals surface area contributed by atoms with E-state index in [0.29, 0.717) is 34.8 Å². The first kappa shape index (κ1) is 15.8. The lowest BCUT2D eigenvalue weighted by Crippen LogP contribution is -2.36. The van der Waals surface area contributed by atoms with E-state index in [9.17, 15) is 4.79 Å². The highest BCUT2D eigenvalue weighted by Gasteiger charge is 2.41. The summed E-state index contributed by atoms with van der Waals surface area (Å²) in [6.07, 6.45) is 7.72. The summed E-state index contributed by atoms with van der Waals surface area (Å²) in [4.78, 5) is 12.6. The van der Waals surface area contributed by atoms with Gasteiger partial charge in [0.15, 0.2) is 5.78 Å². The third kappa shape index (κ3) is 3.44. The zero-order valence-electron chi connectivity index (χ0n) is 14.4. The van der Waals surface area contributed by atoms with E-state index < -0.39 is 0 Å². The Bertz CT molecular complexity index is 556. The molecule has 2 unspecified atom stereocenters. The minimum absolute atomic E-state index is 0.164. The van der Waals surface area contributed by atoms with Gasteiger partial charge in [0.25, 0.3) is 0 Å². The summed E-state index contributed by atoms with van der Waals surface area (Å²) < 4.78 is 5.33. The molecule has 0 saturated heterocycles. The SMILES string of the molecule is CCC1(C)CC(CC(=O)c2cc(C3CC3)on2)CC(C)(C)C1. The molecule has 2 aliphatic carbocycles. The second kappa shape index (κ2) is 5.50. The topological polar surface area (TPSA) is 43.1 Å². The number of ketones is 1. The van der Waals surface area contributed by atoms with Gasteiger partial charge in [-0.25, -0.2) is 0 Å². The molecule has 0 bridgehead atoms. The first-order chi connectivity index (χ1) is 10.3. The molecule has 1 aromatic rings. The summed E-state index contributed by atoms with van der Waals surface area (Å²) in [5, 5.41) is 4.01. The average Bonchev–Trinajstić information content (AvgIpc) is 3.14. The van der Waals surface area contributed by atoms with Crippen molar-refractivity contribution >= 4 is 5.78 Å². The zero-order valence-corrected chi connectivity index (χ0v) is 14.4. The van der Waals surface area contributed by atoms with Crippen LogP contribution < -0.4 is 0 Å². The van der Waals surface area contributed by atoms with Gasteiger partial charge in [0.1, 0.15) is 11.5 Å². The van der Waals surface area contributed by atoms with Gasteiger partial charge in [-0.1, -0.05) is 39.3 Å². The molecule has 0 aromatic carbocycles. The smallest absolute Gasteiger partial charge is 0.185 e. The fraction of sp³-hybridized carbons (Fsp3) is 0.789. The number of nitrogens with zero attached hydrogens (tertiary/aromatic N) is 1. The number of hydrogen-bond acceptors (Lipinski definition) is 3. The molecule has 0 amide bonds. The Morgan fingerprint density at radius 2 is 2.05 bits per heavy atom. The molecule has 3 nitrogen and oxygen atoms in total. The minimum atomic E-state index is 0.164. The highest BCUT2D eigenvalue weighted by atomic mass is 16.5. The van der Waals surface area contributed by atoms with E-state index in [1.807, 2.05) is 6.07 Å². The van der Waals surface area contributed by atoms with Crippen LogP contribution in [0.3, 0.4) is 0 Å². The van der Waals surface area contributed by atoms with Crippen molar-refractivity contribution in [1.82, 2.24) is 5.16 Å². The molecule has 2 saturated carbocycles. The van der Waals surface area contributed by atoms with Crippen LogP contribution in [0, 0.1) is 16.7 Å². The monoisotopic (exact) mass is 303 g/mol. The van der Waals surface area contributed by atoms with E-state index >= 15 is 0 Å². The predicted octanol–water partition coefficient (Wildman–Crippen LogP) is 5.37. The van der Waals surface area contributed by atoms with Crippen LogP contribution in [0.2, 0.25) is 0 Å². The first-order valence-electron chi connectivity index (χ1n) is 8.80. The maximum absolute atomic E-state index is 12.6. The average molecular weight is 303 g/mol. The fourth-order valence-corrected chi connectivity index (χ4v) is 4.61. The van der Waals surface area contributed by atoms with E-state index in [1.165, 1.54) is 25.7 Å².